The number of esters is 1. The van der Waals surface area contributed by atoms with E-state index in [4.69, 9.17) is 23.7 Å². The maximum atomic E-state index is 14.4. The van der Waals surface area contributed by atoms with E-state index >= 15 is 0 Å². The van der Waals surface area contributed by atoms with Crippen molar-refractivity contribution < 1.29 is 38.4 Å². The summed E-state index contributed by atoms with van der Waals surface area (Å²) < 4.78 is 30.8. The Labute approximate surface area is 235 Å². The molecule has 5 saturated carbocycles. The lowest BCUT2D eigenvalue weighted by Gasteiger charge is -2.67. The van der Waals surface area contributed by atoms with Crippen molar-refractivity contribution >= 4 is 11.8 Å². The number of ether oxygens (including phenoxy) is 5. The molecule has 7 rings (SSSR count). The molecule has 13 atom stereocenters. The first-order valence-corrected chi connectivity index (χ1v) is 14.5. The van der Waals surface area contributed by atoms with Crippen LogP contribution in [0.25, 0.3) is 0 Å². The summed E-state index contributed by atoms with van der Waals surface area (Å²) in [7, 11) is 8.93. The molecule has 0 radical (unpaired) electrons. The summed E-state index contributed by atoms with van der Waals surface area (Å²) >= 11 is 0. The predicted molar refractivity (Wildman–Crippen MR) is 142 cm³/mol. The number of hydrogen-bond acceptors (Lipinski definition) is 9. The molecule has 1 spiro atoms. The van der Waals surface area contributed by atoms with E-state index in [2.05, 4.69) is 11.9 Å². The number of piperidine rings is 1. The van der Waals surface area contributed by atoms with Crippen molar-refractivity contribution in [2.45, 2.75) is 55.3 Å². The van der Waals surface area contributed by atoms with Crippen molar-refractivity contribution in [2.24, 2.45) is 40.4 Å². The van der Waals surface area contributed by atoms with Crippen molar-refractivity contribution in [1.29, 1.82) is 0 Å². The monoisotopic (exact) mass is 555 g/mol. The summed E-state index contributed by atoms with van der Waals surface area (Å²) in [6.07, 6.45) is -0.146. The molecular weight excluding hydrogens is 514 g/mol. The second kappa shape index (κ2) is 9.06. The zero-order valence-electron chi connectivity index (χ0n) is 23.9. The van der Waals surface area contributed by atoms with Gasteiger partial charge in [0.1, 0.15) is 17.8 Å². The predicted octanol–water partition coefficient (Wildman–Crippen LogP) is 1.81. The number of hydrogen-bond donors (Lipinski definition) is 1. The highest BCUT2D eigenvalue weighted by molar-refractivity contribution is 5.92. The van der Waals surface area contributed by atoms with Crippen LogP contribution in [0.4, 0.5) is 0 Å². The van der Waals surface area contributed by atoms with Gasteiger partial charge < -0.3 is 33.7 Å². The molecule has 5 unspecified atom stereocenters. The molecule has 1 saturated heterocycles. The molecule has 5 aliphatic carbocycles. The Kier molecular flexibility index (Phi) is 6.11. The molecule has 218 valence electrons. The maximum absolute atomic E-state index is 14.4. The van der Waals surface area contributed by atoms with E-state index in [9.17, 15) is 14.7 Å². The van der Waals surface area contributed by atoms with Crippen LogP contribution in [0.2, 0.25) is 0 Å². The van der Waals surface area contributed by atoms with E-state index in [1.54, 1.807) is 45.6 Å². The molecule has 9 heteroatoms. The van der Waals surface area contributed by atoms with E-state index in [1.807, 2.05) is 6.07 Å². The third-order valence-corrected chi connectivity index (χ3v) is 12.1. The fraction of sp³-hybridized carbons (Fsp3) is 0.742. The lowest BCUT2D eigenvalue weighted by Crippen LogP contribution is -2.74. The second-order valence-corrected chi connectivity index (χ2v) is 13.3. The minimum absolute atomic E-state index is 0.0244. The maximum Gasteiger partial charge on any atom is 0.338 e. The molecule has 0 amide bonds. The molecule has 6 fully saturated rings. The molecule has 9 nitrogen and oxygen atoms in total. The van der Waals surface area contributed by atoms with Crippen molar-refractivity contribution in [2.75, 3.05) is 48.6 Å². The molecule has 40 heavy (non-hydrogen) atoms. The number of carbonyl (C=O) groups is 2. The number of benzene rings is 1. The molecule has 1 aromatic carbocycles. The van der Waals surface area contributed by atoms with Crippen LogP contribution in [0.1, 0.15) is 29.6 Å². The summed E-state index contributed by atoms with van der Waals surface area (Å²) in [5, 5.41) is 12.4. The number of carbonyl (C=O) groups excluding carboxylic acids is 2. The first-order valence-electron chi connectivity index (χ1n) is 14.5. The van der Waals surface area contributed by atoms with Crippen LogP contribution in [0.3, 0.4) is 0 Å². The molecule has 1 aliphatic heterocycles. The number of methoxy groups -OCH3 is 4. The normalized spacial score (nSPS) is 50.2. The molecule has 1 N–H and O–H groups in total. The van der Waals surface area contributed by atoms with Crippen LogP contribution in [0, 0.1) is 40.4 Å². The van der Waals surface area contributed by atoms with E-state index in [0.29, 0.717) is 18.6 Å². The highest BCUT2D eigenvalue weighted by Crippen LogP contribution is 2.78. The van der Waals surface area contributed by atoms with Gasteiger partial charge >= 0.3 is 5.97 Å². The summed E-state index contributed by atoms with van der Waals surface area (Å²) in [5.74, 6) is -1.64. The van der Waals surface area contributed by atoms with E-state index in [1.165, 1.54) is 7.11 Å². The van der Waals surface area contributed by atoms with Gasteiger partial charge in [0.05, 0.1) is 24.4 Å². The molecule has 0 aromatic heterocycles. The van der Waals surface area contributed by atoms with Crippen molar-refractivity contribution in [1.82, 2.24) is 4.90 Å². The van der Waals surface area contributed by atoms with Crippen LogP contribution < -0.4 is 0 Å². The van der Waals surface area contributed by atoms with Crippen molar-refractivity contribution in [3.63, 3.8) is 0 Å². The summed E-state index contributed by atoms with van der Waals surface area (Å²) in [6.45, 7) is 1.44. The van der Waals surface area contributed by atoms with Crippen LogP contribution in [-0.2, 0) is 28.5 Å². The van der Waals surface area contributed by atoms with E-state index in [-0.39, 0.29) is 53.1 Å². The Hall–Kier alpha value is -1.88. The van der Waals surface area contributed by atoms with E-state index < -0.39 is 35.1 Å². The van der Waals surface area contributed by atoms with Gasteiger partial charge in [-0.05, 0) is 44.4 Å². The van der Waals surface area contributed by atoms with Gasteiger partial charge in [0, 0.05) is 75.5 Å². The first-order chi connectivity index (χ1) is 19.2. The first kappa shape index (κ1) is 27.0. The Balaban J connectivity index is 1.43. The second-order valence-electron chi connectivity index (χ2n) is 13.3. The van der Waals surface area contributed by atoms with Gasteiger partial charge in [-0.25, -0.2) is 4.79 Å². The number of rotatable bonds is 7. The largest absolute Gasteiger partial charge is 0.455 e. The Morgan fingerprint density at radius 3 is 2.48 bits per heavy atom. The minimum Gasteiger partial charge on any atom is -0.455 e. The van der Waals surface area contributed by atoms with Gasteiger partial charge in [0.2, 0.25) is 0 Å². The van der Waals surface area contributed by atoms with Gasteiger partial charge in [-0.2, -0.15) is 0 Å². The zero-order valence-corrected chi connectivity index (χ0v) is 23.9. The number of Topliss-reactive ketones (excluding diaryl/α,β-unsaturated/α-hetero) is 1. The molecule has 6 aliphatic rings. The summed E-state index contributed by atoms with van der Waals surface area (Å²) in [6, 6.07) is 8.86. The quantitative estimate of drug-likeness (QED) is 0.505. The average Bonchev–Trinajstić information content (AvgIpc) is 3.30. The number of likely N-dealkylation sites (tertiary alicyclic amines) is 1. The third kappa shape index (κ3) is 2.99. The third-order valence-electron chi connectivity index (χ3n) is 12.1. The Morgan fingerprint density at radius 1 is 1.07 bits per heavy atom. The van der Waals surface area contributed by atoms with Crippen molar-refractivity contribution in [3.8, 4) is 0 Å². The van der Waals surface area contributed by atoms with Crippen LogP contribution in [0.15, 0.2) is 30.3 Å². The van der Waals surface area contributed by atoms with Crippen LogP contribution >= 0.6 is 0 Å². The molecule has 7 bridgehead atoms. The highest BCUT2D eigenvalue weighted by Gasteiger charge is 2.86. The Morgan fingerprint density at radius 2 is 1.82 bits per heavy atom. The van der Waals surface area contributed by atoms with Crippen LogP contribution in [-0.4, -0.2) is 106 Å². The summed E-state index contributed by atoms with van der Waals surface area (Å²) in [4.78, 5) is 30.3. The Bertz CT molecular complexity index is 1200. The van der Waals surface area contributed by atoms with Crippen molar-refractivity contribution in [3.05, 3.63) is 35.9 Å². The average molecular weight is 556 g/mol. The van der Waals surface area contributed by atoms with Gasteiger partial charge in [-0.3, -0.25) is 4.79 Å². The smallest absolute Gasteiger partial charge is 0.338 e. The summed E-state index contributed by atoms with van der Waals surface area (Å²) in [5.41, 5.74) is -1.80. The fourth-order valence-corrected chi connectivity index (χ4v) is 11.6. The lowest BCUT2D eigenvalue weighted by molar-refractivity contribution is -0.247. The molecule has 1 heterocycles. The minimum atomic E-state index is -1.63. The highest BCUT2D eigenvalue weighted by atomic mass is 16.6. The lowest BCUT2D eigenvalue weighted by atomic mass is 9.44. The van der Waals surface area contributed by atoms with Gasteiger partial charge in [0.15, 0.2) is 5.78 Å². The number of fused-ring (bicyclic) bond motifs is 2. The molecule has 1 aromatic rings. The van der Waals surface area contributed by atoms with Gasteiger partial charge in [-0.1, -0.05) is 18.2 Å². The zero-order chi connectivity index (χ0) is 28.2. The van der Waals surface area contributed by atoms with Crippen LogP contribution in [0.5, 0.6) is 0 Å². The molecular formula is C31H41NO8. The number of aliphatic hydroxyl groups is 1. The number of nitrogens with zero attached hydrogens (tertiary/aromatic N) is 1. The van der Waals surface area contributed by atoms with Gasteiger partial charge in [0.25, 0.3) is 0 Å². The van der Waals surface area contributed by atoms with E-state index in [0.717, 1.165) is 19.4 Å². The number of ketones is 1. The standard InChI is InChI=1S/C31H41NO8/c1-32-14-29(15-36-2)12-11-18(37-3)31-17-13-30(35)26(40-28(34)16-9-7-6-8-10-16)19(17)20(22(33)27(30)39-5)21(25(31)32)23(38-4)24(29)31/h6-10,17-21,23-27,35H,11-15H2,1-5H3/t17-,18?,19-,20-,21?,23?,24+,25?,26+,27+,29-,30-,31?/m0/s1. The fourth-order valence-electron chi connectivity index (χ4n) is 11.6. The topological polar surface area (TPSA) is 104 Å². The van der Waals surface area contributed by atoms with Gasteiger partial charge in [-0.15, -0.1) is 0 Å². The SMILES string of the molecule is COC[C@@]12CCC(OC)C34C(C(C(OC)[C@@H]31)[C@H]1C(=O)[C@@H](OC)[C@]3(O)C[C@H]4[C@@H]1[C@H]3OC(=O)c1ccccc1)N(C)C2.